The van der Waals surface area contributed by atoms with E-state index in [1.54, 1.807) is 6.26 Å². The van der Waals surface area contributed by atoms with Crippen LogP contribution in [0.4, 0.5) is 4.79 Å². The zero-order valence-electron chi connectivity index (χ0n) is 5.53. The summed E-state index contributed by atoms with van der Waals surface area (Å²) in [5.74, 6) is 0. The van der Waals surface area contributed by atoms with Crippen molar-refractivity contribution < 1.29 is 9.90 Å². The van der Waals surface area contributed by atoms with Crippen molar-refractivity contribution in [3.8, 4) is 0 Å². The third-order valence-corrected chi connectivity index (χ3v) is 1.92. The van der Waals surface area contributed by atoms with Crippen molar-refractivity contribution in [2.45, 2.75) is 0 Å². The predicted molar refractivity (Wildman–Crippen MR) is 37.9 cm³/mol. The summed E-state index contributed by atoms with van der Waals surface area (Å²) in [5, 5.41) is 10.8. The number of rotatable bonds is 0. The summed E-state index contributed by atoms with van der Waals surface area (Å²) in [7, 11) is 0. The Balaban J connectivity index is 2.63. The first-order chi connectivity index (χ1) is 4.75. The molecule has 1 aliphatic rings. The van der Waals surface area contributed by atoms with Crippen LogP contribution in [0.3, 0.4) is 0 Å². The topological polar surface area (TPSA) is 55.7 Å². The van der Waals surface area contributed by atoms with Crippen LogP contribution in [0.2, 0.25) is 0 Å². The monoisotopic (exact) mass is 159 g/mol. The number of aliphatic imine (C=N–C) groups is 1. The van der Waals surface area contributed by atoms with Gasteiger partial charge in [0.1, 0.15) is 6.09 Å². The van der Waals surface area contributed by atoms with E-state index in [4.69, 9.17) is 0 Å². The molecule has 0 spiro atoms. The Bertz CT molecular complexity index is 180. The average molecular weight is 159 g/mol. The van der Waals surface area contributed by atoms with Crippen LogP contribution in [0.1, 0.15) is 0 Å². The Labute approximate surface area is 62.9 Å². The maximum Gasteiger partial charge on any atom is 0.164 e. The molecular formula is C5H7N2O2S-. The normalized spacial score (nSPS) is 17.3. The summed E-state index contributed by atoms with van der Waals surface area (Å²) in [6.07, 6.45) is 0.630. The quantitative estimate of drug-likeness (QED) is 0.472. The molecule has 10 heavy (non-hydrogen) atoms. The molecule has 0 bridgehead atoms. The van der Waals surface area contributed by atoms with E-state index in [0.29, 0.717) is 18.3 Å². The van der Waals surface area contributed by atoms with Crippen LogP contribution >= 0.6 is 11.8 Å². The molecule has 1 aliphatic heterocycles. The Morgan fingerprint density at radius 3 is 3.00 bits per heavy atom. The van der Waals surface area contributed by atoms with Crippen LogP contribution in [-0.4, -0.2) is 35.5 Å². The van der Waals surface area contributed by atoms with Gasteiger partial charge in [0, 0.05) is 6.54 Å². The summed E-state index contributed by atoms with van der Waals surface area (Å²) in [6.45, 7) is 1.00. The van der Waals surface area contributed by atoms with E-state index in [1.165, 1.54) is 11.8 Å². The zero-order chi connectivity index (χ0) is 7.56. The largest absolute Gasteiger partial charge is 0.530 e. The summed E-state index contributed by atoms with van der Waals surface area (Å²) in [5.41, 5.74) is 0. The molecule has 0 aromatic carbocycles. The number of carbonyl (C=O) groups is 1. The maximum atomic E-state index is 10.3. The summed E-state index contributed by atoms with van der Waals surface area (Å²) in [6, 6.07) is 0. The molecule has 0 unspecified atom stereocenters. The molecule has 0 atom stereocenters. The number of hydrogen-bond acceptors (Lipinski definition) is 4. The van der Waals surface area contributed by atoms with Crippen molar-refractivity contribution in [2.24, 2.45) is 4.99 Å². The van der Waals surface area contributed by atoms with Crippen LogP contribution in [-0.2, 0) is 0 Å². The Morgan fingerprint density at radius 2 is 2.60 bits per heavy atom. The van der Waals surface area contributed by atoms with Gasteiger partial charge in [-0.05, 0) is 6.26 Å². The number of hydrogen-bond donors (Lipinski definition) is 0. The van der Waals surface area contributed by atoms with Gasteiger partial charge in [-0.15, -0.1) is 0 Å². The molecule has 4 nitrogen and oxygen atoms in total. The lowest BCUT2D eigenvalue weighted by Gasteiger charge is -2.18. The fourth-order valence-corrected chi connectivity index (χ4v) is 1.38. The van der Waals surface area contributed by atoms with Gasteiger partial charge in [-0.1, -0.05) is 11.8 Å². The molecule has 1 heterocycles. The molecule has 0 aromatic heterocycles. The molecule has 0 aromatic rings. The predicted octanol–water partition coefficient (Wildman–Crippen LogP) is -0.636. The zero-order valence-corrected chi connectivity index (χ0v) is 6.35. The Hall–Kier alpha value is -0.710. The Kier molecular flexibility index (Phi) is 2.16. The lowest BCUT2D eigenvalue weighted by atomic mass is 10.6. The molecule has 56 valence electrons. The number of thioether (sulfide) groups is 1. The lowest BCUT2D eigenvalue weighted by molar-refractivity contribution is -0.259. The highest BCUT2D eigenvalue weighted by atomic mass is 32.2. The molecule has 5 heteroatoms. The van der Waals surface area contributed by atoms with Crippen LogP contribution in [0.25, 0.3) is 0 Å². The molecule has 0 aliphatic carbocycles. The van der Waals surface area contributed by atoms with Gasteiger partial charge in [0.15, 0.2) is 5.17 Å². The van der Waals surface area contributed by atoms with Crippen molar-refractivity contribution >= 4 is 23.0 Å². The van der Waals surface area contributed by atoms with Crippen LogP contribution < -0.4 is 5.11 Å². The second-order valence-corrected chi connectivity index (χ2v) is 2.56. The van der Waals surface area contributed by atoms with Crippen molar-refractivity contribution in [2.75, 3.05) is 19.3 Å². The first-order valence-corrected chi connectivity index (χ1v) is 4.05. The lowest BCUT2D eigenvalue weighted by Crippen LogP contribution is -2.42. The van der Waals surface area contributed by atoms with E-state index < -0.39 is 6.09 Å². The van der Waals surface area contributed by atoms with Gasteiger partial charge in [0.25, 0.3) is 0 Å². The van der Waals surface area contributed by atoms with Gasteiger partial charge >= 0.3 is 0 Å². The number of carbonyl (C=O) groups excluding carboxylic acids is 1. The molecule has 0 saturated heterocycles. The minimum Gasteiger partial charge on any atom is -0.530 e. The summed E-state index contributed by atoms with van der Waals surface area (Å²) in [4.78, 5) is 15.4. The summed E-state index contributed by atoms with van der Waals surface area (Å²) < 4.78 is 0. The number of amides is 1. The van der Waals surface area contributed by atoms with Gasteiger partial charge in [-0.25, -0.2) is 0 Å². The molecule has 1 rings (SSSR count). The van der Waals surface area contributed by atoms with E-state index in [-0.39, 0.29) is 0 Å². The van der Waals surface area contributed by atoms with Crippen molar-refractivity contribution in [3.63, 3.8) is 0 Å². The summed E-state index contributed by atoms with van der Waals surface area (Å²) >= 11 is 1.32. The SMILES string of the molecule is CSC1=NCCN1C(=O)[O-]. The van der Waals surface area contributed by atoms with E-state index in [1.807, 2.05) is 0 Å². The van der Waals surface area contributed by atoms with Crippen molar-refractivity contribution in [1.29, 1.82) is 0 Å². The first kappa shape index (κ1) is 7.40. The molecule has 0 N–H and O–H groups in total. The number of carboxylic acid groups (broad SMARTS) is 1. The standard InChI is InChI=1S/C5H8N2O2S/c1-10-4-6-2-3-7(4)5(8)9/h2-3H2,1H3,(H,8,9)/p-1. The molecular weight excluding hydrogens is 152 g/mol. The smallest absolute Gasteiger partial charge is 0.164 e. The number of nitrogens with zero attached hydrogens (tertiary/aromatic N) is 2. The van der Waals surface area contributed by atoms with E-state index in [0.717, 1.165) is 4.90 Å². The maximum absolute atomic E-state index is 10.3. The van der Waals surface area contributed by atoms with Crippen molar-refractivity contribution in [3.05, 3.63) is 0 Å². The third-order valence-electron chi connectivity index (χ3n) is 1.20. The second kappa shape index (κ2) is 2.92. The van der Waals surface area contributed by atoms with Gasteiger partial charge in [-0.2, -0.15) is 0 Å². The fraction of sp³-hybridized carbons (Fsp3) is 0.600. The minimum absolute atomic E-state index is 0.443. The van der Waals surface area contributed by atoms with Crippen LogP contribution in [0.15, 0.2) is 4.99 Å². The number of amidine groups is 1. The van der Waals surface area contributed by atoms with E-state index in [9.17, 15) is 9.90 Å². The van der Waals surface area contributed by atoms with E-state index >= 15 is 0 Å². The Morgan fingerprint density at radius 1 is 1.90 bits per heavy atom. The van der Waals surface area contributed by atoms with Crippen molar-refractivity contribution in [1.82, 2.24) is 4.90 Å². The molecule has 0 fully saturated rings. The van der Waals surface area contributed by atoms with Gasteiger partial charge < -0.3 is 14.8 Å². The van der Waals surface area contributed by atoms with Crippen LogP contribution in [0, 0.1) is 0 Å². The minimum atomic E-state index is -1.16. The second-order valence-electron chi connectivity index (χ2n) is 1.79. The average Bonchev–Trinajstić information content (AvgIpc) is 2.33. The van der Waals surface area contributed by atoms with Gasteiger partial charge in [0.05, 0.1) is 6.54 Å². The highest BCUT2D eigenvalue weighted by Gasteiger charge is 2.15. The molecule has 0 radical (unpaired) electrons. The highest BCUT2D eigenvalue weighted by Crippen LogP contribution is 2.09. The third kappa shape index (κ3) is 1.23. The molecule has 1 amide bonds. The van der Waals surface area contributed by atoms with E-state index in [2.05, 4.69) is 4.99 Å². The highest BCUT2D eigenvalue weighted by molar-refractivity contribution is 8.13. The van der Waals surface area contributed by atoms with Crippen LogP contribution in [0.5, 0.6) is 0 Å². The van der Waals surface area contributed by atoms with Gasteiger partial charge in [0.2, 0.25) is 0 Å². The first-order valence-electron chi connectivity index (χ1n) is 2.82. The fourth-order valence-electron chi connectivity index (χ4n) is 0.771. The molecule has 0 saturated carbocycles. The van der Waals surface area contributed by atoms with Gasteiger partial charge in [-0.3, -0.25) is 4.99 Å².